The quantitative estimate of drug-likeness (QED) is 0.535. The Morgan fingerprint density at radius 2 is 0.667 bits per heavy atom. The molecule has 0 unspecified atom stereocenters. The summed E-state index contributed by atoms with van der Waals surface area (Å²) in [7, 11) is 0. The second kappa shape index (κ2) is 2.42. The minimum absolute atomic E-state index is 0. The molecule has 0 bridgehead atoms. The van der Waals surface area contributed by atoms with Crippen molar-refractivity contribution in [1.29, 1.82) is 0 Å². The van der Waals surface area contributed by atoms with Crippen LogP contribution < -0.4 is 6.15 Å². The van der Waals surface area contributed by atoms with Crippen molar-refractivity contribution in [1.82, 2.24) is 6.15 Å². The zero-order valence-electron chi connectivity index (χ0n) is 3.97. The molecule has 0 aromatic heterocycles. The van der Waals surface area contributed by atoms with Gasteiger partial charge in [0.15, 0.2) is 0 Å². The van der Waals surface area contributed by atoms with Gasteiger partial charge in [0.25, 0.3) is 0 Å². The third-order valence-electron chi connectivity index (χ3n) is 0.321. The number of alkyl halides is 6. The molecule has 0 aromatic carbocycles. The van der Waals surface area contributed by atoms with Crippen LogP contribution in [-0.4, -0.2) is 12.4 Å². The molecule has 58 valence electrons. The molecule has 0 aliphatic carbocycles. The molecule has 0 rings (SSSR count). The molecule has 0 radical (unpaired) electrons. The maximum atomic E-state index is 10.4. The van der Waals surface area contributed by atoms with Gasteiger partial charge in [-0.05, 0) is 0 Å². The fourth-order valence-electron chi connectivity index (χ4n) is 0. The summed E-state index contributed by atoms with van der Waals surface area (Å²) in [6, 6.07) is 0. The molecule has 0 saturated heterocycles. The standard InChI is InChI=1S/C2F6.H3N/c3-1(4,5)2(6,7)8;/h;1H3. The first-order chi connectivity index (χ1) is 3.25. The van der Waals surface area contributed by atoms with E-state index in [1.807, 2.05) is 0 Å². The Labute approximate surface area is 46.2 Å². The maximum Gasteiger partial charge on any atom is 0.487 e. The van der Waals surface area contributed by atoms with Gasteiger partial charge in [-0.15, -0.1) is 0 Å². The minimum Gasteiger partial charge on any atom is -0.344 e. The van der Waals surface area contributed by atoms with Gasteiger partial charge in [0.2, 0.25) is 0 Å². The number of hydrogen-bond donors (Lipinski definition) is 1. The molecule has 0 heterocycles. The summed E-state index contributed by atoms with van der Waals surface area (Å²) in [4.78, 5) is 0. The largest absolute Gasteiger partial charge is 0.487 e. The van der Waals surface area contributed by atoms with Gasteiger partial charge in [0.1, 0.15) is 0 Å². The van der Waals surface area contributed by atoms with E-state index in [0.29, 0.717) is 0 Å². The van der Waals surface area contributed by atoms with Crippen LogP contribution in [0.1, 0.15) is 0 Å². The van der Waals surface area contributed by atoms with Crippen LogP contribution >= 0.6 is 0 Å². The predicted molar refractivity (Wildman–Crippen MR) is 17.1 cm³/mol. The van der Waals surface area contributed by atoms with Gasteiger partial charge >= 0.3 is 12.4 Å². The molecular weight excluding hydrogens is 152 g/mol. The lowest BCUT2D eigenvalue weighted by molar-refractivity contribution is -0.339. The Bertz CT molecular complexity index is 66.0. The Hall–Kier alpha value is -0.460. The highest BCUT2D eigenvalue weighted by atomic mass is 19.5. The number of hydrogen-bond acceptors (Lipinski definition) is 1. The van der Waals surface area contributed by atoms with E-state index in [1.165, 1.54) is 0 Å². The zero-order valence-corrected chi connectivity index (χ0v) is 3.97. The number of halogens is 6. The topological polar surface area (TPSA) is 35.0 Å². The zero-order chi connectivity index (χ0) is 7.00. The molecule has 7 heteroatoms. The van der Waals surface area contributed by atoms with Gasteiger partial charge in [0.05, 0.1) is 0 Å². The van der Waals surface area contributed by atoms with E-state index in [0.717, 1.165) is 0 Å². The van der Waals surface area contributed by atoms with E-state index in [-0.39, 0.29) is 6.15 Å². The summed E-state index contributed by atoms with van der Waals surface area (Å²) in [5, 5.41) is 0. The summed E-state index contributed by atoms with van der Waals surface area (Å²) in [5.41, 5.74) is 0. The average Bonchev–Trinajstić information content (AvgIpc) is 1.25. The van der Waals surface area contributed by atoms with E-state index in [4.69, 9.17) is 0 Å². The molecule has 0 amide bonds. The Kier molecular flexibility index (Phi) is 3.05. The third kappa shape index (κ3) is 3.17. The van der Waals surface area contributed by atoms with Gasteiger partial charge in [-0.25, -0.2) is 0 Å². The van der Waals surface area contributed by atoms with E-state index < -0.39 is 12.4 Å². The summed E-state index contributed by atoms with van der Waals surface area (Å²) in [6.07, 6.45) is -12.1. The SMILES string of the molecule is FC(F)(F)C(F)(F)F.N. The third-order valence-corrected chi connectivity index (χ3v) is 0.321. The molecule has 0 saturated carbocycles. The maximum absolute atomic E-state index is 10.4. The molecule has 9 heavy (non-hydrogen) atoms. The van der Waals surface area contributed by atoms with Gasteiger partial charge in [0, 0.05) is 0 Å². The highest BCUT2D eigenvalue weighted by Crippen LogP contribution is 2.35. The first-order valence-electron chi connectivity index (χ1n) is 1.38. The van der Waals surface area contributed by atoms with Crippen LogP contribution in [0.5, 0.6) is 0 Å². The van der Waals surface area contributed by atoms with Crippen molar-refractivity contribution in [3.63, 3.8) is 0 Å². The first-order valence-corrected chi connectivity index (χ1v) is 1.38. The van der Waals surface area contributed by atoms with E-state index in [9.17, 15) is 26.3 Å². The van der Waals surface area contributed by atoms with Crippen LogP contribution in [0.4, 0.5) is 26.3 Å². The average molecular weight is 155 g/mol. The predicted octanol–water partition coefficient (Wildman–Crippen LogP) is 2.27. The molecule has 0 spiro atoms. The second-order valence-corrected chi connectivity index (χ2v) is 0.996. The molecule has 0 aromatic rings. The molecule has 0 aliphatic heterocycles. The van der Waals surface area contributed by atoms with Crippen LogP contribution in [0.2, 0.25) is 0 Å². The van der Waals surface area contributed by atoms with Gasteiger partial charge < -0.3 is 6.15 Å². The monoisotopic (exact) mass is 155 g/mol. The lowest BCUT2D eigenvalue weighted by Crippen LogP contribution is -2.30. The van der Waals surface area contributed by atoms with Crippen LogP contribution in [-0.2, 0) is 0 Å². The van der Waals surface area contributed by atoms with Crippen molar-refractivity contribution in [2.45, 2.75) is 12.4 Å². The fraction of sp³-hybridized carbons (Fsp3) is 1.00. The highest BCUT2D eigenvalue weighted by Gasteiger charge is 2.58. The molecule has 0 fully saturated rings. The number of rotatable bonds is 0. The summed E-state index contributed by atoms with van der Waals surface area (Å²) < 4.78 is 62.6. The van der Waals surface area contributed by atoms with E-state index in [1.54, 1.807) is 0 Å². The van der Waals surface area contributed by atoms with Crippen molar-refractivity contribution < 1.29 is 26.3 Å². The van der Waals surface area contributed by atoms with Gasteiger partial charge in [-0.1, -0.05) is 0 Å². The Balaban J connectivity index is 0. The van der Waals surface area contributed by atoms with Gasteiger partial charge in [-0.3, -0.25) is 0 Å². The second-order valence-electron chi connectivity index (χ2n) is 0.996. The molecule has 0 atom stereocenters. The normalized spacial score (nSPS) is 12.7. The lowest BCUT2D eigenvalue weighted by atomic mass is 10.7. The van der Waals surface area contributed by atoms with Crippen molar-refractivity contribution in [2.24, 2.45) is 0 Å². The van der Waals surface area contributed by atoms with E-state index >= 15 is 0 Å². The summed E-state index contributed by atoms with van der Waals surface area (Å²) in [5.74, 6) is 0. The minimum atomic E-state index is -6.06. The first kappa shape index (κ1) is 11.4. The van der Waals surface area contributed by atoms with Crippen molar-refractivity contribution in [3.8, 4) is 0 Å². The smallest absolute Gasteiger partial charge is 0.344 e. The van der Waals surface area contributed by atoms with Crippen LogP contribution in [0.25, 0.3) is 0 Å². The van der Waals surface area contributed by atoms with Crippen LogP contribution in [0, 0.1) is 0 Å². The Morgan fingerprint density at radius 1 is 0.556 bits per heavy atom. The summed E-state index contributed by atoms with van der Waals surface area (Å²) in [6.45, 7) is 0. The Morgan fingerprint density at radius 3 is 0.667 bits per heavy atom. The summed E-state index contributed by atoms with van der Waals surface area (Å²) >= 11 is 0. The van der Waals surface area contributed by atoms with E-state index in [2.05, 4.69) is 0 Å². The molecule has 1 nitrogen and oxygen atoms in total. The molecule has 0 aliphatic rings. The fourth-order valence-corrected chi connectivity index (χ4v) is 0. The van der Waals surface area contributed by atoms with Crippen LogP contribution in [0.3, 0.4) is 0 Å². The molecule has 3 N–H and O–H groups in total. The molecular formula is C2H3F6N. The van der Waals surface area contributed by atoms with Crippen molar-refractivity contribution >= 4 is 0 Å². The lowest BCUT2D eigenvalue weighted by Gasteiger charge is -2.08. The van der Waals surface area contributed by atoms with Crippen LogP contribution in [0.15, 0.2) is 0 Å². The van der Waals surface area contributed by atoms with Crippen molar-refractivity contribution in [3.05, 3.63) is 0 Å². The van der Waals surface area contributed by atoms with Crippen molar-refractivity contribution in [2.75, 3.05) is 0 Å². The van der Waals surface area contributed by atoms with Gasteiger partial charge in [-0.2, -0.15) is 26.3 Å². The highest BCUT2D eigenvalue weighted by molar-refractivity contribution is 4.59.